The van der Waals surface area contributed by atoms with Crippen molar-refractivity contribution in [3.8, 4) is 11.4 Å². The number of benzene rings is 1. The number of ether oxygens (including phenoxy) is 1. The Bertz CT molecular complexity index is 703. The molecular weight excluding hydrogens is 302 g/mol. The molecule has 3 rings (SSSR count). The highest BCUT2D eigenvalue weighted by molar-refractivity contribution is 5.55. The molecule has 0 bridgehead atoms. The molecule has 0 atom stereocenters. The monoisotopic (exact) mass is 327 g/mol. The lowest BCUT2D eigenvalue weighted by Gasteiger charge is -2.26. The minimum Gasteiger partial charge on any atom is -0.379 e. The number of aryl methyl sites for hydroxylation is 1. The number of hydrogen-bond acceptors (Lipinski definition) is 4. The quantitative estimate of drug-likeness (QED) is 0.886. The van der Waals surface area contributed by atoms with Crippen LogP contribution in [0.1, 0.15) is 31.0 Å². The molecule has 1 aliphatic heterocycles. The topological polar surface area (TPSA) is 58.2 Å². The maximum atomic E-state index is 11.9. The Labute approximate surface area is 142 Å². The second-order valence-electron chi connectivity index (χ2n) is 6.27. The largest absolute Gasteiger partial charge is 0.379 e. The average molecular weight is 327 g/mol. The predicted molar refractivity (Wildman–Crippen MR) is 95.0 cm³/mol. The third kappa shape index (κ3) is 4.52. The highest BCUT2D eigenvalue weighted by Gasteiger charge is 2.11. The van der Waals surface area contributed by atoms with Gasteiger partial charge in [0.05, 0.1) is 13.2 Å². The van der Waals surface area contributed by atoms with Gasteiger partial charge in [0, 0.05) is 37.0 Å². The van der Waals surface area contributed by atoms with Gasteiger partial charge in [0.15, 0.2) is 0 Å². The summed E-state index contributed by atoms with van der Waals surface area (Å²) in [6.07, 6.45) is 3.00. The van der Waals surface area contributed by atoms with Crippen LogP contribution in [0.4, 0.5) is 0 Å². The van der Waals surface area contributed by atoms with E-state index in [1.54, 1.807) is 6.07 Å². The van der Waals surface area contributed by atoms with E-state index in [0.29, 0.717) is 5.82 Å². The molecular formula is C19H25N3O2. The second-order valence-corrected chi connectivity index (χ2v) is 6.27. The number of nitrogens with one attached hydrogen (secondary N) is 1. The van der Waals surface area contributed by atoms with E-state index < -0.39 is 0 Å². The number of hydrogen-bond donors (Lipinski definition) is 1. The smallest absolute Gasteiger partial charge is 0.251 e. The van der Waals surface area contributed by atoms with E-state index in [2.05, 4.69) is 33.9 Å². The van der Waals surface area contributed by atoms with Crippen molar-refractivity contribution in [1.29, 1.82) is 0 Å². The van der Waals surface area contributed by atoms with Crippen LogP contribution in [0.2, 0.25) is 0 Å². The first-order valence-corrected chi connectivity index (χ1v) is 8.74. The van der Waals surface area contributed by atoms with Gasteiger partial charge in [-0.2, -0.15) is 0 Å². The Morgan fingerprint density at radius 1 is 1.21 bits per heavy atom. The first kappa shape index (κ1) is 16.9. The van der Waals surface area contributed by atoms with Gasteiger partial charge in [-0.1, -0.05) is 37.6 Å². The van der Waals surface area contributed by atoms with Crippen molar-refractivity contribution >= 4 is 0 Å². The highest BCUT2D eigenvalue weighted by Crippen LogP contribution is 2.16. The first-order chi connectivity index (χ1) is 11.7. The molecule has 5 nitrogen and oxygen atoms in total. The van der Waals surface area contributed by atoms with Gasteiger partial charge in [0.1, 0.15) is 5.82 Å². The molecule has 5 heteroatoms. The summed E-state index contributed by atoms with van der Waals surface area (Å²) in [5.41, 5.74) is 3.01. The lowest BCUT2D eigenvalue weighted by atomic mass is 10.1. The van der Waals surface area contributed by atoms with E-state index in [0.717, 1.165) is 63.4 Å². The van der Waals surface area contributed by atoms with Gasteiger partial charge in [0.2, 0.25) is 0 Å². The van der Waals surface area contributed by atoms with Gasteiger partial charge in [-0.05, 0) is 18.4 Å². The Hall–Kier alpha value is -1.98. The van der Waals surface area contributed by atoms with Crippen molar-refractivity contribution in [3.05, 3.63) is 51.9 Å². The zero-order valence-corrected chi connectivity index (χ0v) is 14.3. The van der Waals surface area contributed by atoms with Gasteiger partial charge in [-0.3, -0.25) is 9.69 Å². The zero-order chi connectivity index (χ0) is 16.8. The van der Waals surface area contributed by atoms with Crippen LogP contribution in [-0.4, -0.2) is 41.2 Å². The third-order valence-corrected chi connectivity index (χ3v) is 4.32. The molecule has 1 fully saturated rings. The van der Waals surface area contributed by atoms with Crippen LogP contribution in [0.25, 0.3) is 11.4 Å². The van der Waals surface area contributed by atoms with E-state index in [1.165, 1.54) is 5.56 Å². The molecule has 2 aromatic rings. The Kier molecular flexibility index (Phi) is 5.77. The maximum Gasteiger partial charge on any atom is 0.251 e. The summed E-state index contributed by atoms with van der Waals surface area (Å²) < 4.78 is 5.38. The third-order valence-electron chi connectivity index (χ3n) is 4.32. The lowest BCUT2D eigenvalue weighted by Crippen LogP contribution is -2.35. The van der Waals surface area contributed by atoms with E-state index in [1.807, 2.05) is 12.1 Å². The Morgan fingerprint density at radius 2 is 1.96 bits per heavy atom. The fourth-order valence-electron chi connectivity index (χ4n) is 2.92. The molecule has 24 heavy (non-hydrogen) atoms. The fourth-order valence-corrected chi connectivity index (χ4v) is 2.92. The molecule has 0 radical (unpaired) electrons. The van der Waals surface area contributed by atoms with E-state index in [9.17, 15) is 4.79 Å². The molecule has 1 aliphatic rings. The fraction of sp³-hybridized carbons (Fsp3) is 0.474. The standard InChI is InChI=1S/C19H25N3O2/c1-2-3-4-17-13-18(23)21-19(20-17)16-7-5-15(6-8-16)14-22-9-11-24-12-10-22/h5-8,13H,2-4,9-12,14H2,1H3,(H,20,21,23). The molecule has 0 amide bonds. The number of aromatic amines is 1. The van der Waals surface area contributed by atoms with Crippen LogP contribution in [0.3, 0.4) is 0 Å². The van der Waals surface area contributed by atoms with Gasteiger partial charge >= 0.3 is 0 Å². The molecule has 128 valence electrons. The molecule has 2 heterocycles. The van der Waals surface area contributed by atoms with E-state index in [4.69, 9.17) is 4.74 Å². The van der Waals surface area contributed by atoms with Crippen LogP contribution in [-0.2, 0) is 17.7 Å². The van der Waals surface area contributed by atoms with E-state index >= 15 is 0 Å². The minimum absolute atomic E-state index is 0.0801. The summed E-state index contributed by atoms with van der Waals surface area (Å²) in [5.74, 6) is 0.659. The van der Waals surface area contributed by atoms with Crippen LogP contribution >= 0.6 is 0 Å². The van der Waals surface area contributed by atoms with Gasteiger partial charge in [-0.25, -0.2) is 4.98 Å². The van der Waals surface area contributed by atoms with Crippen molar-refractivity contribution in [2.75, 3.05) is 26.3 Å². The zero-order valence-electron chi connectivity index (χ0n) is 14.3. The van der Waals surface area contributed by atoms with Crippen molar-refractivity contribution in [3.63, 3.8) is 0 Å². The molecule has 0 unspecified atom stereocenters. The van der Waals surface area contributed by atoms with Crippen LogP contribution in [0.5, 0.6) is 0 Å². The number of H-pyrrole nitrogens is 1. The summed E-state index contributed by atoms with van der Waals surface area (Å²) in [6, 6.07) is 9.91. The first-order valence-electron chi connectivity index (χ1n) is 8.74. The lowest BCUT2D eigenvalue weighted by molar-refractivity contribution is 0.0342. The molecule has 0 aliphatic carbocycles. The molecule has 1 aromatic carbocycles. The van der Waals surface area contributed by atoms with E-state index in [-0.39, 0.29) is 5.56 Å². The maximum absolute atomic E-state index is 11.9. The summed E-state index contributed by atoms with van der Waals surface area (Å²) in [5, 5.41) is 0. The van der Waals surface area contributed by atoms with Crippen LogP contribution in [0, 0.1) is 0 Å². The minimum atomic E-state index is -0.0801. The second kappa shape index (κ2) is 8.22. The van der Waals surface area contributed by atoms with Crippen LogP contribution in [0.15, 0.2) is 35.1 Å². The number of aromatic nitrogens is 2. The van der Waals surface area contributed by atoms with Crippen molar-refractivity contribution < 1.29 is 4.74 Å². The van der Waals surface area contributed by atoms with Crippen LogP contribution < -0.4 is 5.56 Å². The number of morpholine rings is 1. The highest BCUT2D eigenvalue weighted by atomic mass is 16.5. The van der Waals surface area contributed by atoms with Crippen molar-refractivity contribution in [2.24, 2.45) is 0 Å². The average Bonchev–Trinajstić information content (AvgIpc) is 2.61. The Balaban J connectivity index is 1.72. The molecule has 1 N–H and O–H groups in total. The number of nitrogens with zero attached hydrogens (tertiary/aromatic N) is 2. The van der Waals surface area contributed by atoms with Gasteiger partial charge < -0.3 is 9.72 Å². The SMILES string of the molecule is CCCCc1cc(=O)[nH]c(-c2ccc(CN3CCOCC3)cc2)n1. The summed E-state index contributed by atoms with van der Waals surface area (Å²) in [4.78, 5) is 21.7. The number of unbranched alkanes of at least 4 members (excludes halogenated alkanes) is 1. The summed E-state index contributed by atoms with van der Waals surface area (Å²) in [7, 11) is 0. The summed E-state index contributed by atoms with van der Waals surface area (Å²) >= 11 is 0. The van der Waals surface area contributed by atoms with Crippen molar-refractivity contribution in [1.82, 2.24) is 14.9 Å². The normalized spacial score (nSPS) is 15.5. The Morgan fingerprint density at radius 3 is 2.67 bits per heavy atom. The number of rotatable bonds is 6. The molecule has 0 spiro atoms. The molecule has 0 saturated carbocycles. The molecule has 1 saturated heterocycles. The van der Waals surface area contributed by atoms with Gasteiger partial charge in [0.25, 0.3) is 5.56 Å². The van der Waals surface area contributed by atoms with Gasteiger partial charge in [-0.15, -0.1) is 0 Å². The predicted octanol–water partition coefficient (Wildman–Crippen LogP) is 2.61. The molecule has 1 aromatic heterocycles. The summed E-state index contributed by atoms with van der Waals surface area (Å²) in [6.45, 7) is 6.67. The van der Waals surface area contributed by atoms with Crippen molar-refractivity contribution in [2.45, 2.75) is 32.7 Å².